The maximum Gasteiger partial charge on any atom is 1.00 e. The molecule has 1 aliphatic rings. The van der Waals surface area contributed by atoms with Crippen molar-refractivity contribution in [2.75, 3.05) is 26.8 Å². The number of methoxy groups -OCH3 is 1. The first kappa shape index (κ1) is 20.0. The van der Waals surface area contributed by atoms with Gasteiger partial charge in [-0.3, -0.25) is 9.69 Å². The van der Waals surface area contributed by atoms with Crippen LogP contribution in [0.4, 0.5) is 4.79 Å². The number of carbonyl (C=O) groups is 2. The van der Waals surface area contributed by atoms with Crippen molar-refractivity contribution < 1.29 is 50.4 Å². The molecule has 6 nitrogen and oxygen atoms in total. The number of benzene rings is 1. The van der Waals surface area contributed by atoms with Gasteiger partial charge in [-0.2, -0.15) is 0 Å². The molecule has 0 spiro atoms. The SMILES string of the molecule is COCCN(C(=O)O)[C@@H]1CC[C@@H](c2ccccc2)CNC1=O.[H-].[Na+]. The molecule has 1 aromatic carbocycles. The fraction of sp³-hybridized carbons (Fsp3) is 0.500. The first-order valence-electron chi connectivity index (χ1n) is 7.44. The minimum absolute atomic E-state index is 0. The minimum Gasteiger partial charge on any atom is -1.00 e. The molecule has 2 rings (SSSR count). The Morgan fingerprint density at radius 1 is 1.39 bits per heavy atom. The van der Waals surface area contributed by atoms with Crippen molar-refractivity contribution in [3.63, 3.8) is 0 Å². The van der Waals surface area contributed by atoms with Crippen LogP contribution in [0.2, 0.25) is 0 Å². The molecule has 1 saturated heterocycles. The molecule has 2 atom stereocenters. The first-order chi connectivity index (χ1) is 10.6. The van der Waals surface area contributed by atoms with Gasteiger partial charge in [-0.05, 0) is 18.4 Å². The standard InChI is InChI=1S/C16H22N2O4.Na.H/c1-22-10-9-18(16(20)21)14-8-7-13(11-17-15(14)19)12-5-3-2-4-6-12;;/h2-6,13-14H,7-11H2,1H3,(H,17,19)(H,20,21);;/q;+1;-1/t13-,14-;;/m1../s1. The number of carboxylic acid groups (broad SMARTS) is 1. The summed E-state index contributed by atoms with van der Waals surface area (Å²) >= 11 is 0. The summed E-state index contributed by atoms with van der Waals surface area (Å²) in [5.74, 6) is -0.00912. The van der Waals surface area contributed by atoms with Gasteiger partial charge in [0.2, 0.25) is 5.91 Å². The third kappa shape index (κ3) is 5.49. The van der Waals surface area contributed by atoms with Crippen LogP contribution in [-0.4, -0.2) is 54.9 Å². The Morgan fingerprint density at radius 3 is 2.70 bits per heavy atom. The first-order valence-corrected chi connectivity index (χ1v) is 7.44. The molecule has 0 aliphatic carbocycles. The van der Waals surface area contributed by atoms with Crippen LogP contribution in [0.5, 0.6) is 0 Å². The second-order valence-corrected chi connectivity index (χ2v) is 5.41. The van der Waals surface area contributed by atoms with Crippen LogP contribution in [0.1, 0.15) is 25.7 Å². The van der Waals surface area contributed by atoms with Gasteiger partial charge in [0, 0.05) is 26.1 Å². The normalized spacial score (nSPS) is 20.8. The summed E-state index contributed by atoms with van der Waals surface area (Å²) in [7, 11) is 1.51. The number of hydrogen-bond acceptors (Lipinski definition) is 3. The van der Waals surface area contributed by atoms with Gasteiger partial charge < -0.3 is 16.6 Å². The smallest absolute Gasteiger partial charge is 1.00 e. The van der Waals surface area contributed by atoms with Gasteiger partial charge in [0.1, 0.15) is 6.04 Å². The zero-order valence-corrected chi connectivity index (χ0v) is 15.7. The molecule has 1 aromatic rings. The van der Waals surface area contributed by atoms with Gasteiger partial charge in [0.25, 0.3) is 0 Å². The summed E-state index contributed by atoms with van der Waals surface area (Å²) in [4.78, 5) is 24.8. The van der Waals surface area contributed by atoms with Gasteiger partial charge in [0.15, 0.2) is 0 Å². The number of nitrogens with one attached hydrogen (secondary N) is 1. The zero-order chi connectivity index (χ0) is 15.9. The van der Waals surface area contributed by atoms with Crippen molar-refractivity contribution in [1.29, 1.82) is 0 Å². The fourth-order valence-corrected chi connectivity index (χ4v) is 2.82. The Labute approximate surface area is 160 Å². The molecule has 2 N–H and O–H groups in total. The molecule has 0 unspecified atom stereocenters. The molecule has 122 valence electrons. The summed E-state index contributed by atoms with van der Waals surface area (Å²) in [5, 5.41) is 12.2. The average molecular weight is 330 g/mol. The molecular formula is C16H23N2NaO4. The number of rotatable bonds is 5. The maximum absolute atomic E-state index is 12.2. The van der Waals surface area contributed by atoms with Gasteiger partial charge in [-0.1, -0.05) is 30.3 Å². The van der Waals surface area contributed by atoms with Crippen molar-refractivity contribution in [2.45, 2.75) is 24.8 Å². The molecular weight excluding hydrogens is 307 g/mol. The summed E-state index contributed by atoms with van der Waals surface area (Å²) in [6.45, 7) is 1.01. The van der Waals surface area contributed by atoms with Crippen LogP contribution in [0.15, 0.2) is 30.3 Å². The molecule has 1 heterocycles. The Kier molecular flexibility index (Phi) is 8.62. The topological polar surface area (TPSA) is 78.9 Å². The van der Waals surface area contributed by atoms with E-state index in [1.54, 1.807) is 0 Å². The number of amides is 2. The van der Waals surface area contributed by atoms with Gasteiger partial charge in [0.05, 0.1) is 6.61 Å². The largest absolute Gasteiger partial charge is 1.00 e. The molecule has 0 aromatic heterocycles. The van der Waals surface area contributed by atoms with Crippen LogP contribution >= 0.6 is 0 Å². The maximum atomic E-state index is 12.2. The van der Waals surface area contributed by atoms with Crippen molar-refractivity contribution in [3.8, 4) is 0 Å². The third-order valence-electron chi connectivity index (χ3n) is 4.04. The summed E-state index contributed by atoms with van der Waals surface area (Å²) in [6.07, 6.45) is 0.196. The molecule has 1 aliphatic heterocycles. The van der Waals surface area contributed by atoms with Crippen LogP contribution < -0.4 is 34.9 Å². The Morgan fingerprint density at radius 2 is 2.09 bits per heavy atom. The van der Waals surface area contributed by atoms with Crippen LogP contribution in [-0.2, 0) is 9.53 Å². The Bertz CT molecular complexity index is 518. The fourth-order valence-electron chi connectivity index (χ4n) is 2.82. The summed E-state index contributed by atoms with van der Waals surface area (Å²) < 4.78 is 4.93. The van der Waals surface area contributed by atoms with Gasteiger partial charge in [-0.25, -0.2) is 4.79 Å². The van der Waals surface area contributed by atoms with E-state index in [2.05, 4.69) is 5.32 Å². The van der Waals surface area contributed by atoms with Crippen molar-refractivity contribution in [3.05, 3.63) is 35.9 Å². The summed E-state index contributed by atoms with van der Waals surface area (Å²) in [5.41, 5.74) is 1.17. The minimum atomic E-state index is -1.09. The molecule has 7 heteroatoms. The summed E-state index contributed by atoms with van der Waals surface area (Å²) in [6, 6.07) is 9.33. The van der Waals surface area contributed by atoms with Crippen LogP contribution in [0.25, 0.3) is 0 Å². The predicted octanol–water partition coefficient (Wildman–Crippen LogP) is -1.21. The number of hydrogen-bond donors (Lipinski definition) is 2. The second kappa shape index (κ2) is 9.93. The van der Waals surface area contributed by atoms with Crippen LogP contribution in [0.3, 0.4) is 0 Å². The zero-order valence-electron chi connectivity index (χ0n) is 14.7. The van der Waals surface area contributed by atoms with E-state index >= 15 is 0 Å². The third-order valence-corrected chi connectivity index (χ3v) is 4.04. The quantitative estimate of drug-likeness (QED) is 0.664. The molecule has 1 fully saturated rings. The van der Waals surface area contributed by atoms with E-state index < -0.39 is 12.1 Å². The molecule has 2 amide bonds. The molecule has 0 bridgehead atoms. The Balaban J connectivity index is 0.00000264. The van der Waals surface area contributed by atoms with Crippen LogP contribution in [0, 0.1) is 0 Å². The van der Waals surface area contributed by atoms with E-state index in [0.717, 1.165) is 6.42 Å². The van der Waals surface area contributed by atoms with Gasteiger partial charge in [-0.15, -0.1) is 0 Å². The van der Waals surface area contributed by atoms with Crippen molar-refractivity contribution in [1.82, 2.24) is 10.2 Å². The molecule has 0 radical (unpaired) electrons. The van der Waals surface area contributed by atoms with E-state index in [0.29, 0.717) is 13.0 Å². The molecule has 0 saturated carbocycles. The predicted molar refractivity (Wildman–Crippen MR) is 82.9 cm³/mol. The number of carbonyl (C=O) groups excluding carboxylic acids is 1. The average Bonchev–Trinajstić information content (AvgIpc) is 2.71. The van der Waals surface area contributed by atoms with Gasteiger partial charge >= 0.3 is 35.7 Å². The van der Waals surface area contributed by atoms with E-state index in [9.17, 15) is 14.7 Å². The van der Waals surface area contributed by atoms with E-state index in [1.165, 1.54) is 17.6 Å². The monoisotopic (exact) mass is 330 g/mol. The number of ether oxygens (including phenoxy) is 1. The van der Waals surface area contributed by atoms with E-state index in [1.807, 2.05) is 30.3 Å². The number of nitrogens with zero attached hydrogens (tertiary/aromatic N) is 1. The Hall–Kier alpha value is -1.08. The second-order valence-electron chi connectivity index (χ2n) is 5.41. The van der Waals surface area contributed by atoms with E-state index in [4.69, 9.17) is 4.74 Å². The van der Waals surface area contributed by atoms with E-state index in [-0.39, 0.29) is 56.0 Å². The van der Waals surface area contributed by atoms with Crippen molar-refractivity contribution in [2.24, 2.45) is 0 Å². The molecule has 23 heavy (non-hydrogen) atoms. The van der Waals surface area contributed by atoms with Crippen molar-refractivity contribution >= 4 is 12.0 Å².